The molecule has 2 N–H and O–H groups in total. The van der Waals surface area contributed by atoms with Gasteiger partial charge in [-0.05, 0) is 39.5 Å². The van der Waals surface area contributed by atoms with E-state index in [2.05, 4.69) is 33.0 Å². The topological polar surface area (TPSA) is 186 Å². The summed E-state index contributed by atoms with van der Waals surface area (Å²) in [5.41, 5.74) is -2.61. The van der Waals surface area contributed by atoms with E-state index in [1.807, 2.05) is 0 Å². The molecule has 0 saturated heterocycles. The lowest BCUT2D eigenvalue weighted by Crippen LogP contribution is -2.43. The van der Waals surface area contributed by atoms with Crippen molar-refractivity contribution < 1.29 is 36.1 Å². The van der Waals surface area contributed by atoms with Crippen molar-refractivity contribution in [3.05, 3.63) is 0 Å². The van der Waals surface area contributed by atoms with Crippen LogP contribution in [0.5, 0.6) is 0 Å². The van der Waals surface area contributed by atoms with E-state index >= 15 is 0 Å². The lowest BCUT2D eigenvalue weighted by Gasteiger charge is -2.24. The number of azo groups is 1. The normalized spacial score (nSPS) is 15.1. The van der Waals surface area contributed by atoms with Crippen LogP contribution in [0.1, 0.15) is 52.4 Å². The van der Waals surface area contributed by atoms with Gasteiger partial charge in [0, 0.05) is 80.7 Å². The van der Waals surface area contributed by atoms with E-state index in [9.17, 15) is 20.1 Å². The number of carbonyl (C=O) groups excluding carboxylic acids is 2. The summed E-state index contributed by atoms with van der Waals surface area (Å²) in [5.74, 6) is -0.477. The Morgan fingerprint density at radius 1 is 0.675 bits per heavy atom. The molecule has 0 aromatic carbocycles. The molecule has 0 saturated carbocycles. The van der Waals surface area contributed by atoms with E-state index in [0.717, 1.165) is 0 Å². The molecule has 0 aliphatic carbocycles. The quantitative estimate of drug-likeness (QED) is 0.106. The zero-order valence-corrected chi connectivity index (χ0v) is 27.1. The predicted molar refractivity (Wildman–Crippen MR) is 150 cm³/mol. The minimum absolute atomic E-state index is 0.0511. The Morgan fingerprint density at radius 2 is 0.975 bits per heavy atom. The summed E-state index contributed by atoms with van der Waals surface area (Å²) in [4.78, 5) is 24.6. The second kappa shape index (κ2) is 18.9. The number of carbonyl (C=O) groups is 2. The fourth-order valence-electron chi connectivity index (χ4n) is 3.55. The molecule has 0 spiro atoms. The first-order chi connectivity index (χ1) is 18.9. The molecular weight excluding hydrogens is 556 g/mol. The van der Waals surface area contributed by atoms with Gasteiger partial charge in [0.05, 0.1) is 12.1 Å². The van der Waals surface area contributed by atoms with E-state index in [4.69, 9.17) is 26.6 Å². The zero-order valence-electron chi connectivity index (χ0n) is 25.1. The fourth-order valence-corrected chi connectivity index (χ4v) is 6.99. The summed E-state index contributed by atoms with van der Waals surface area (Å²) in [6.45, 7) is 3.90. The van der Waals surface area contributed by atoms with Crippen LogP contribution in [0.3, 0.4) is 0 Å². The Morgan fingerprint density at radius 3 is 1.23 bits per heavy atom. The number of hydrogen-bond donors (Lipinski definition) is 2. The molecule has 228 valence electrons. The monoisotopic (exact) mass is 602 g/mol. The number of nitrogens with one attached hydrogen (secondary N) is 2. The lowest BCUT2D eigenvalue weighted by molar-refractivity contribution is -0.122. The molecule has 40 heavy (non-hydrogen) atoms. The van der Waals surface area contributed by atoms with Crippen LogP contribution < -0.4 is 10.6 Å². The van der Waals surface area contributed by atoms with Gasteiger partial charge in [-0.25, -0.2) is 0 Å². The number of rotatable bonds is 22. The average Bonchev–Trinajstić information content (AvgIpc) is 2.99. The van der Waals surface area contributed by atoms with Crippen LogP contribution in [-0.4, -0.2) is 96.2 Å². The first kappa shape index (κ1) is 37.7. The van der Waals surface area contributed by atoms with Crippen molar-refractivity contribution in [3.63, 3.8) is 0 Å². The van der Waals surface area contributed by atoms with Crippen LogP contribution in [0.15, 0.2) is 10.2 Å². The molecule has 14 nitrogen and oxygen atoms in total. The minimum atomic E-state index is -2.70. The SMILES string of the molecule is CO[Si](CCCNC(=O)CCC(C)(C#N)N=NC(C)(C#N)CCC(=O)NCCC[Si](OC)(OC)OC)(OC)OC. The Labute approximate surface area is 240 Å². The Hall–Kier alpha value is -2.29. The van der Waals surface area contributed by atoms with Gasteiger partial charge in [-0.2, -0.15) is 20.8 Å². The molecule has 0 rings (SSSR count). The molecule has 0 radical (unpaired) electrons. The highest BCUT2D eigenvalue weighted by Gasteiger charge is 2.38. The minimum Gasteiger partial charge on any atom is -0.377 e. The molecule has 0 aliphatic heterocycles. The van der Waals surface area contributed by atoms with Gasteiger partial charge in [0.25, 0.3) is 0 Å². The van der Waals surface area contributed by atoms with Gasteiger partial charge < -0.3 is 37.2 Å². The van der Waals surface area contributed by atoms with E-state index in [1.165, 1.54) is 42.7 Å². The highest BCUT2D eigenvalue weighted by atomic mass is 28.4. The Kier molecular flexibility index (Phi) is 17.9. The van der Waals surface area contributed by atoms with Gasteiger partial charge in [-0.1, -0.05) is 0 Å². The van der Waals surface area contributed by atoms with Crippen LogP contribution >= 0.6 is 0 Å². The van der Waals surface area contributed by atoms with E-state index in [-0.39, 0.29) is 37.5 Å². The smallest absolute Gasteiger partial charge is 0.377 e. The van der Waals surface area contributed by atoms with Crippen LogP contribution in [0.25, 0.3) is 0 Å². The van der Waals surface area contributed by atoms with Crippen molar-refractivity contribution >= 4 is 29.4 Å². The summed E-state index contributed by atoms with van der Waals surface area (Å²) in [6, 6.07) is 5.22. The van der Waals surface area contributed by atoms with Crippen molar-refractivity contribution in [2.24, 2.45) is 10.2 Å². The van der Waals surface area contributed by atoms with Gasteiger partial charge in [0.1, 0.15) is 0 Å². The summed E-state index contributed by atoms with van der Waals surface area (Å²) in [7, 11) is 3.79. The molecule has 0 fully saturated rings. The number of nitrogens with zero attached hydrogens (tertiary/aromatic N) is 4. The van der Waals surface area contributed by atoms with E-state index < -0.39 is 28.7 Å². The fraction of sp³-hybridized carbons (Fsp3) is 0.833. The highest BCUT2D eigenvalue weighted by molar-refractivity contribution is 6.60. The molecule has 0 aromatic heterocycles. The van der Waals surface area contributed by atoms with Gasteiger partial charge in [-0.15, -0.1) is 0 Å². The summed E-state index contributed by atoms with van der Waals surface area (Å²) in [6.07, 6.45) is 1.54. The number of nitriles is 2. The maximum atomic E-state index is 12.3. The lowest BCUT2D eigenvalue weighted by atomic mass is 9.97. The predicted octanol–water partition coefficient (Wildman–Crippen LogP) is 2.33. The Balaban J connectivity index is 4.72. The van der Waals surface area contributed by atoms with Crippen molar-refractivity contribution in [1.29, 1.82) is 10.5 Å². The third-order valence-corrected chi connectivity index (χ3v) is 12.1. The average molecular weight is 603 g/mol. The van der Waals surface area contributed by atoms with E-state index in [0.29, 0.717) is 38.0 Å². The summed E-state index contributed by atoms with van der Waals surface area (Å²) < 4.78 is 32.1. The summed E-state index contributed by atoms with van der Waals surface area (Å²) in [5, 5.41) is 33.1. The third-order valence-electron chi connectivity index (χ3n) is 6.48. The maximum absolute atomic E-state index is 12.3. The molecule has 16 heteroatoms. The number of amides is 2. The van der Waals surface area contributed by atoms with Gasteiger partial charge in [-0.3, -0.25) is 9.59 Å². The third kappa shape index (κ3) is 13.4. The highest BCUT2D eigenvalue weighted by Crippen LogP contribution is 2.23. The van der Waals surface area contributed by atoms with Crippen LogP contribution in [0.4, 0.5) is 0 Å². The van der Waals surface area contributed by atoms with Gasteiger partial charge in [0.15, 0.2) is 11.1 Å². The van der Waals surface area contributed by atoms with E-state index in [1.54, 1.807) is 13.8 Å². The van der Waals surface area contributed by atoms with Crippen LogP contribution in [0.2, 0.25) is 12.1 Å². The van der Waals surface area contributed by atoms with Gasteiger partial charge >= 0.3 is 17.6 Å². The van der Waals surface area contributed by atoms with Gasteiger partial charge in [0.2, 0.25) is 11.8 Å². The maximum Gasteiger partial charge on any atom is 0.500 e. The second-order valence-corrected chi connectivity index (χ2v) is 15.7. The number of hydrogen-bond acceptors (Lipinski definition) is 12. The van der Waals surface area contributed by atoms with Crippen molar-refractivity contribution in [1.82, 2.24) is 10.6 Å². The van der Waals surface area contributed by atoms with Crippen molar-refractivity contribution in [2.45, 2.75) is 75.5 Å². The molecule has 0 bridgehead atoms. The molecular formula is C24H46N6O8Si2. The van der Waals surface area contributed by atoms with Crippen molar-refractivity contribution in [3.8, 4) is 12.1 Å². The van der Waals surface area contributed by atoms with Crippen molar-refractivity contribution in [2.75, 3.05) is 55.7 Å². The standard InChI is InChI=1S/C24H46N6O8Si2/c1-23(19-25,13-11-21(31)27-15-9-17-39(33-3,34-4)35-5)29-30-24(2,20-26)14-12-22(32)28-16-10-18-40(36-6,37-7)38-8/h9-18H2,1-8H3,(H,27,31)(H,28,32). The van der Waals surface area contributed by atoms with Crippen LogP contribution in [0, 0.1) is 22.7 Å². The second-order valence-electron chi connectivity index (χ2n) is 9.47. The molecule has 2 atom stereocenters. The largest absolute Gasteiger partial charge is 0.500 e. The summed E-state index contributed by atoms with van der Waals surface area (Å²) >= 11 is 0. The first-order valence-electron chi connectivity index (χ1n) is 13.0. The Bertz CT molecular complexity index is 805. The molecule has 0 aromatic rings. The zero-order chi connectivity index (χ0) is 30.7. The first-order valence-corrected chi connectivity index (χ1v) is 16.9. The van der Waals surface area contributed by atoms with Crippen LogP contribution in [-0.2, 0) is 36.1 Å². The molecule has 2 unspecified atom stereocenters. The molecule has 2 amide bonds. The molecule has 0 heterocycles. The molecule has 0 aliphatic rings.